The van der Waals surface area contributed by atoms with Crippen LogP contribution in [0.4, 0.5) is 5.69 Å². The quantitative estimate of drug-likeness (QED) is 0.138. The molecule has 3 aromatic carbocycles. The smallest absolute Gasteiger partial charge is 0.210 e. The minimum atomic E-state index is -3.92. The molecule has 0 fully saturated rings. The Bertz CT molecular complexity index is 2180. The Hall–Kier alpha value is -3.29. The minimum absolute atomic E-state index is 0.172. The van der Waals surface area contributed by atoms with Crippen LogP contribution in [0.2, 0.25) is 0 Å². The van der Waals surface area contributed by atoms with Gasteiger partial charge >= 0.3 is 0 Å². The fourth-order valence-electron chi connectivity index (χ4n) is 8.58. The van der Waals surface area contributed by atoms with E-state index in [1.165, 1.54) is 126 Å². The van der Waals surface area contributed by atoms with Crippen LogP contribution in [0.3, 0.4) is 0 Å². The molecule has 0 atom stereocenters. The van der Waals surface area contributed by atoms with Crippen molar-refractivity contribution >= 4 is 31.4 Å². The largest absolute Gasteiger partial charge is 0.748 e. The third-order valence-corrected chi connectivity index (χ3v) is 11.4. The molecule has 3 aromatic rings. The molecule has 5 aliphatic rings. The molecule has 56 heavy (non-hydrogen) atoms. The molecule has 2 N–H and O–H groups in total. The lowest BCUT2D eigenvalue weighted by molar-refractivity contribution is 0.417. The molecule has 0 saturated carbocycles. The first-order chi connectivity index (χ1) is 26.6. The van der Waals surface area contributed by atoms with E-state index in [4.69, 9.17) is 17.7 Å². The second-order valence-electron chi connectivity index (χ2n) is 16.3. The zero-order chi connectivity index (χ0) is 40.7. The summed E-state index contributed by atoms with van der Waals surface area (Å²) >= 11 is 0. The Morgan fingerprint density at radius 3 is 2.05 bits per heavy atom. The first-order valence-corrected chi connectivity index (χ1v) is 24.4. The van der Waals surface area contributed by atoms with Crippen molar-refractivity contribution in [3.05, 3.63) is 86.4 Å². The molecule has 0 saturated heterocycles. The van der Waals surface area contributed by atoms with Gasteiger partial charge in [0.05, 0.1) is 21.9 Å². The third kappa shape index (κ3) is 11.4. The number of anilines is 1. The first-order valence-electron chi connectivity index (χ1n) is 20.7. The molecule has 308 valence electrons. The number of unbranched alkanes of at least 4 members (excludes halogenated alkanes) is 2. The van der Waals surface area contributed by atoms with E-state index in [1.807, 2.05) is 13.8 Å². The highest BCUT2D eigenvalue weighted by Crippen LogP contribution is 2.48. The molecule has 0 aromatic heterocycles. The van der Waals surface area contributed by atoms with Crippen LogP contribution < -0.4 is 34.8 Å². The van der Waals surface area contributed by atoms with Gasteiger partial charge in [0.15, 0.2) is 0 Å². The van der Waals surface area contributed by atoms with Gasteiger partial charge in [-0.05, 0) is 102 Å². The van der Waals surface area contributed by atoms with E-state index in [1.54, 1.807) is 0 Å². The SMILES string of the molecule is CC.CC(C)(C)NCCCCCNS(C)(=O)=O.CS(=O)(=O)[O-].c1ccc(C2=c3cc4c5c(c3Oc3c2cc2c6c3CCCN6CCC2)CCC[N+]=5CCC4)cc1. The predicted octanol–water partition coefficient (Wildman–Crippen LogP) is 5.40. The van der Waals surface area contributed by atoms with Crippen LogP contribution in [0.5, 0.6) is 11.5 Å². The van der Waals surface area contributed by atoms with Crippen molar-refractivity contribution in [2.75, 3.05) is 56.7 Å². The van der Waals surface area contributed by atoms with Crippen LogP contribution in [0.1, 0.15) is 113 Å². The fourth-order valence-corrected chi connectivity index (χ4v) is 9.09. The lowest BCUT2D eigenvalue weighted by Gasteiger charge is -2.39. The number of rotatable bonds is 8. The molecule has 10 nitrogen and oxygen atoms in total. The number of nitrogens with one attached hydrogen (secondary N) is 2. The summed E-state index contributed by atoms with van der Waals surface area (Å²) in [5.74, 6) is 2.31. The summed E-state index contributed by atoms with van der Waals surface area (Å²) in [5, 5.41) is 6.22. The van der Waals surface area contributed by atoms with Gasteiger partial charge in [-0.25, -0.2) is 26.1 Å². The molecular formula is C44H64N4O6S2. The summed E-state index contributed by atoms with van der Waals surface area (Å²) in [5.41, 5.74) is 11.7. The number of hydrogen-bond acceptors (Lipinski definition) is 8. The number of fused-ring (bicyclic) bond motifs is 4. The Balaban J connectivity index is 0.000000230. The summed E-state index contributed by atoms with van der Waals surface area (Å²) in [7, 11) is -6.92. The molecule has 0 spiro atoms. The van der Waals surface area contributed by atoms with Crippen LogP contribution in [0, 0.1) is 0 Å². The van der Waals surface area contributed by atoms with Crippen LogP contribution in [0.15, 0.2) is 42.5 Å². The van der Waals surface area contributed by atoms with Crippen LogP contribution >= 0.6 is 0 Å². The molecule has 0 bridgehead atoms. The van der Waals surface area contributed by atoms with Crippen LogP contribution in [-0.2, 0) is 45.8 Å². The number of benzene rings is 3. The Morgan fingerprint density at radius 1 is 0.786 bits per heavy atom. The van der Waals surface area contributed by atoms with Gasteiger partial charge in [-0.3, -0.25) is 0 Å². The molecule has 8 rings (SSSR count). The van der Waals surface area contributed by atoms with Crippen molar-refractivity contribution < 1.29 is 26.1 Å². The van der Waals surface area contributed by atoms with Crippen molar-refractivity contribution in [1.29, 1.82) is 0 Å². The first kappa shape index (κ1) is 43.8. The molecule has 12 heteroatoms. The summed E-state index contributed by atoms with van der Waals surface area (Å²) in [6.07, 6.45) is 14.4. The van der Waals surface area contributed by atoms with Crippen molar-refractivity contribution in [3.63, 3.8) is 0 Å². The normalized spacial score (nSPS) is 16.5. The molecule has 0 amide bonds. The van der Waals surface area contributed by atoms with Gasteiger partial charge in [0.25, 0.3) is 0 Å². The lowest BCUT2D eigenvalue weighted by Crippen LogP contribution is -2.45. The summed E-state index contributed by atoms with van der Waals surface area (Å²) < 4.78 is 60.9. The zero-order valence-corrected chi connectivity index (χ0v) is 36.4. The number of ether oxygens (including phenoxy) is 1. The predicted molar refractivity (Wildman–Crippen MR) is 228 cm³/mol. The van der Waals surface area contributed by atoms with E-state index in [0.29, 0.717) is 12.8 Å². The van der Waals surface area contributed by atoms with E-state index in [9.17, 15) is 8.42 Å². The maximum Gasteiger partial charge on any atom is 0.210 e. The number of hydrogen-bond donors (Lipinski definition) is 2. The summed E-state index contributed by atoms with van der Waals surface area (Å²) in [4.78, 5) is 2.64. The Labute approximate surface area is 336 Å². The zero-order valence-electron chi connectivity index (χ0n) is 34.7. The molecule has 5 aliphatic heterocycles. The highest BCUT2D eigenvalue weighted by molar-refractivity contribution is 7.88. The summed E-state index contributed by atoms with van der Waals surface area (Å²) in [6, 6.07) is 16.1. The van der Waals surface area contributed by atoms with E-state index < -0.39 is 20.1 Å². The highest BCUT2D eigenvalue weighted by atomic mass is 32.2. The second-order valence-corrected chi connectivity index (χ2v) is 19.6. The monoisotopic (exact) mass is 808 g/mol. The molecule has 5 heterocycles. The lowest BCUT2D eigenvalue weighted by atomic mass is 9.83. The molecule has 0 unspecified atom stereocenters. The average molecular weight is 809 g/mol. The van der Waals surface area contributed by atoms with Crippen LogP contribution in [-0.4, -0.2) is 78.7 Å². The number of nitrogens with zero attached hydrogens (tertiary/aromatic N) is 2. The van der Waals surface area contributed by atoms with Gasteiger partial charge < -0.3 is 19.5 Å². The van der Waals surface area contributed by atoms with Gasteiger partial charge in [-0.1, -0.05) is 50.6 Å². The highest BCUT2D eigenvalue weighted by Gasteiger charge is 2.35. The van der Waals surface area contributed by atoms with E-state index >= 15 is 0 Å². The molecule has 0 radical (unpaired) electrons. The van der Waals surface area contributed by atoms with Crippen molar-refractivity contribution in [2.45, 2.75) is 111 Å². The van der Waals surface area contributed by atoms with Crippen molar-refractivity contribution in [1.82, 2.24) is 14.6 Å². The standard InChI is InChI=1S/C31H31N2O.C10H24N2O2S.C2H6.CH4O3S/c1-2-8-20(9-3-1)27-25-18-21-10-4-14-32-16-6-12-23(28(21)32)30(25)34-31-24-13-7-17-33-15-5-11-22(29(24)33)19-26(27)31;1-10(2,3)11-8-6-5-7-9-12-15(4,13)14;1-2;1-5(2,3)4/h1-3,8-9,18-19H,4-7,10-17H2;11-12H,5-9H2,1-4H3;1-2H3;1H3,(H,2,3,4)/q+1;;;/p-1. The number of sulfonamides is 1. The Kier molecular flexibility index (Phi) is 14.9. The van der Waals surface area contributed by atoms with Gasteiger partial charge in [0, 0.05) is 77.4 Å². The maximum atomic E-state index is 10.7. The summed E-state index contributed by atoms with van der Waals surface area (Å²) in [6.45, 7) is 16.7. The number of aryl methyl sites for hydroxylation is 2. The van der Waals surface area contributed by atoms with Crippen molar-refractivity contribution in [3.8, 4) is 11.5 Å². The van der Waals surface area contributed by atoms with Gasteiger partial charge in [0.2, 0.25) is 15.4 Å². The van der Waals surface area contributed by atoms with Crippen LogP contribution in [0.25, 0.3) is 5.57 Å². The van der Waals surface area contributed by atoms with E-state index in [2.05, 4.69) is 82.8 Å². The third-order valence-electron chi connectivity index (χ3n) is 10.6. The maximum absolute atomic E-state index is 10.7. The molecule has 0 aliphatic carbocycles. The average Bonchev–Trinajstić information content (AvgIpc) is 3.14. The fraction of sp³-hybridized carbons (Fsp3) is 0.568. The minimum Gasteiger partial charge on any atom is -0.748 e. The van der Waals surface area contributed by atoms with E-state index in [0.717, 1.165) is 50.1 Å². The van der Waals surface area contributed by atoms with Gasteiger partial charge in [-0.2, -0.15) is 0 Å². The molecular weight excluding hydrogens is 745 g/mol. The van der Waals surface area contributed by atoms with Gasteiger partial charge in [0.1, 0.15) is 24.6 Å². The van der Waals surface area contributed by atoms with Gasteiger partial charge in [-0.15, -0.1) is 0 Å². The van der Waals surface area contributed by atoms with E-state index in [-0.39, 0.29) is 5.54 Å². The topological polar surface area (TPSA) is 131 Å². The second kappa shape index (κ2) is 19.0. The van der Waals surface area contributed by atoms with Crippen molar-refractivity contribution in [2.24, 2.45) is 0 Å². The Morgan fingerprint density at radius 2 is 1.39 bits per heavy atom.